The van der Waals surface area contributed by atoms with Crippen molar-refractivity contribution in [3.63, 3.8) is 0 Å². The summed E-state index contributed by atoms with van der Waals surface area (Å²) in [6, 6.07) is 0. The molecule has 5 nitrogen and oxygen atoms in total. The number of aliphatic carboxylic acids is 1. The fourth-order valence-electron chi connectivity index (χ4n) is 0.273. The number of hydrogen-bond donors (Lipinski definition) is 3. The summed E-state index contributed by atoms with van der Waals surface area (Å²) in [4.78, 5) is 20.4. The molecule has 0 saturated carbocycles. The van der Waals surface area contributed by atoms with Crippen molar-refractivity contribution in [2.45, 2.75) is 0 Å². The summed E-state index contributed by atoms with van der Waals surface area (Å²) in [5.41, 5.74) is 4.51. The molecule has 0 aliphatic rings. The molecule has 0 aromatic rings. The number of amides is 1. The van der Waals surface area contributed by atoms with Crippen LogP contribution < -0.4 is 11.1 Å². The van der Waals surface area contributed by atoms with Crippen molar-refractivity contribution in [2.75, 3.05) is 6.54 Å². The van der Waals surface area contributed by atoms with Crippen LogP contribution in [0.15, 0.2) is 12.3 Å². The second-order valence-corrected chi connectivity index (χ2v) is 1.54. The average Bonchev–Trinajstić information content (AvgIpc) is 1.87. The van der Waals surface area contributed by atoms with Gasteiger partial charge in [-0.1, -0.05) is 6.58 Å². The van der Waals surface area contributed by atoms with Crippen molar-refractivity contribution >= 4 is 11.9 Å². The molecule has 0 aromatic carbocycles. The van der Waals surface area contributed by atoms with Crippen LogP contribution in [0.5, 0.6) is 0 Å². The predicted octanol–water partition coefficient (Wildman–Crippen LogP) is -1.34. The molecule has 0 aromatic heterocycles. The summed E-state index contributed by atoms with van der Waals surface area (Å²) in [5, 5.41) is 10.1. The number of rotatable bonds is 3. The number of carboxylic acids is 1. The van der Waals surface area contributed by atoms with E-state index >= 15 is 0 Å². The van der Waals surface area contributed by atoms with Crippen molar-refractivity contribution in [1.29, 1.82) is 0 Å². The zero-order chi connectivity index (χ0) is 8.15. The lowest BCUT2D eigenvalue weighted by Gasteiger charge is -1.99. The summed E-state index contributed by atoms with van der Waals surface area (Å²) in [6.45, 7) is 2.81. The first-order chi connectivity index (χ1) is 4.57. The van der Waals surface area contributed by atoms with E-state index in [1.54, 1.807) is 0 Å². The zero-order valence-corrected chi connectivity index (χ0v) is 5.26. The maximum atomic E-state index is 10.4. The Morgan fingerprint density at radius 1 is 1.60 bits per heavy atom. The smallest absolute Gasteiger partial charge is 0.351 e. The second-order valence-electron chi connectivity index (χ2n) is 1.54. The van der Waals surface area contributed by atoms with Gasteiger partial charge >= 0.3 is 5.97 Å². The van der Waals surface area contributed by atoms with E-state index in [1.165, 1.54) is 0 Å². The summed E-state index contributed by atoms with van der Waals surface area (Å²) >= 11 is 0. The third kappa shape index (κ3) is 2.83. The van der Waals surface area contributed by atoms with Gasteiger partial charge in [-0.05, 0) is 0 Å². The maximum Gasteiger partial charge on any atom is 0.351 e. The molecule has 5 heteroatoms. The highest BCUT2D eigenvalue weighted by Gasteiger charge is 2.05. The van der Waals surface area contributed by atoms with Gasteiger partial charge < -0.3 is 16.2 Å². The molecule has 0 spiro atoms. The number of carboxylic acid groups (broad SMARTS) is 1. The lowest BCUT2D eigenvalue weighted by Crippen LogP contribution is -2.31. The van der Waals surface area contributed by atoms with Crippen LogP contribution in [0.3, 0.4) is 0 Å². The monoisotopic (exact) mass is 144 g/mol. The highest BCUT2D eigenvalue weighted by atomic mass is 16.4. The molecule has 10 heavy (non-hydrogen) atoms. The first kappa shape index (κ1) is 8.64. The Morgan fingerprint density at radius 3 is 2.40 bits per heavy atom. The quantitative estimate of drug-likeness (QED) is 0.427. The van der Waals surface area contributed by atoms with Crippen molar-refractivity contribution in [2.24, 2.45) is 5.73 Å². The van der Waals surface area contributed by atoms with E-state index in [4.69, 9.17) is 10.8 Å². The van der Waals surface area contributed by atoms with Gasteiger partial charge in [0.05, 0.1) is 6.54 Å². The Balaban J connectivity index is 3.80. The normalized spacial score (nSPS) is 8.50. The molecule has 0 unspecified atom stereocenters. The number of nitrogens with one attached hydrogen (secondary N) is 1. The van der Waals surface area contributed by atoms with Gasteiger partial charge in [0.25, 0.3) is 0 Å². The number of carbonyl (C=O) groups is 2. The van der Waals surface area contributed by atoms with Gasteiger partial charge in [0, 0.05) is 0 Å². The average molecular weight is 144 g/mol. The molecular weight excluding hydrogens is 136 g/mol. The van der Waals surface area contributed by atoms with Gasteiger partial charge in [-0.3, -0.25) is 4.79 Å². The molecule has 0 bridgehead atoms. The highest BCUT2D eigenvalue weighted by molar-refractivity contribution is 5.92. The van der Waals surface area contributed by atoms with Gasteiger partial charge in [-0.2, -0.15) is 0 Å². The number of nitrogens with two attached hydrogens (primary N) is 1. The predicted molar refractivity (Wildman–Crippen MR) is 34.0 cm³/mol. The third-order valence-electron chi connectivity index (χ3n) is 0.734. The topological polar surface area (TPSA) is 92.4 Å². The number of carbonyl (C=O) groups excluding carboxylic acids is 1. The summed E-state index contributed by atoms with van der Waals surface area (Å²) in [5.74, 6) is -1.82. The van der Waals surface area contributed by atoms with Crippen LogP contribution in [-0.4, -0.2) is 23.5 Å². The molecule has 0 rings (SSSR count). The van der Waals surface area contributed by atoms with E-state index in [-0.39, 0.29) is 12.2 Å². The zero-order valence-electron chi connectivity index (χ0n) is 5.26. The van der Waals surface area contributed by atoms with Crippen LogP contribution in [0.1, 0.15) is 0 Å². The van der Waals surface area contributed by atoms with Gasteiger partial charge in [-0.25, -0.2) is 4.79 Å². The lowest BCUT2D eigenvalue weighted by atomic mass is 10.4. The van der Waals surface area contributed by atoms with E-state index < -0.39 is 11.9 Å². The molecule has 56 valence electrons. The largest absolute Gasteiger partial charge is 0.477 e. The van der Waals surface area contributed by atoms with Crippen LogP contribution in [-0.2, 0) is 9.59 Å². The minimum Gasteiger partial charge on any atom is -0.477 e. The fourth-order valence-corrected chi connectivity index (χ4v) is 0.273. The molecule has 4 N–H and O–H groups in total. The van der Waals surface area contributed by atoms with Crippen LogP contribution >= 0.6 is 0 Å². The van der Waals surface area contributed by atoms with Crippen molar-refractivity contribution in [3.8, 4) is 0 Å². The Morgan fingerprint density at radius 2 is 2.10 bits per heavy atom. The minimum absolute atomic E-state index is 0.244. The molecular formula is C5H8N2O3. The Hall–Kier alpha value is -1.36. The fraction of sp³-hybridized carbons (Fsp3) is 0.200. The van der Waals surface area contributed by atoms with E-state index in [1.807, 2.05) is 5.32 Å². The first-order valence-electron chi connectivity index (χ1n) is 2.50. The molecule has 0 saturated heterocycles. The summed E-state index contributed by atoms with van der Waals surface area (Å²) in [7, 11) is 0. The molecule has 0 radical (unpaired) electrons. The lowest BCUT2D eigenvalue weighted by molar-refractivity contribution is -0.134. The van der Waals surface area contributed by atoms with Crippen molar-refractivity contribution in [3.05, 3.63) is 12.3 Å². The summed E-state index contributed by atoms with van der Waals surface area (Å²) in [6.07, 6.45) is 0. The van der Waals surface area contributed by atoms with Gasteiger partial charge in [0.15, 0.2) is 0 Å². The van der Waals surface area contributed by atoms with Crippen LogP contribution in [0.25, 0.3) is 0 Å². The third-order valence-corrected chi connectivity index (χ3v) is 0.734. The van der Waals surface area contributed by atoms with E-state index in [0.717, 1.165) is 0 Å². The Kier molecular flexibility index (Phi) is 3.13. The Bertz CT molecular complexity index is 176. The summed E-state index contributed by atoms with van der Waals surface area (Å²) < 4.78 is 0. The van der Waals surface area contributed by atoms with E-state index in [2.05, 4.69) is 6.58 Å². The molecule has 0 atom stereocenters. The van der Waals surface area contributed by atoms with Gasteiger partial charge in [0.1, 0.15) is 5.70 Å². The SMILES string of the molecule is C=C(NC(=O)CN)C(=O)O. The molecule has 0 heterocycles. The van der Waals surface area contributed by atoms with Crippen LogP contribution in [0.2, 0.25) is 0 Å². The Labute approximate surface area is 57.5 Å². The van der Waals surface area contributed by atoms with Crippen molar-refractivity contribution < 1.29 is 14.7 Å². The molecule has 0 aliphatic heterocycles. The first-order valence-corrected chi connectivity index (χ1v) is 2.50. The van der Waals surface area contributed by atoms with Crippen LogP contribution in [0, 0.1) is 0 Å². The standard InChI is InChI=1S/C5H8N2O3/c1-3(5(9)10)7-4(8)2-6/h1-2,6H2,(H,7,8)(H,9,10). The maximum absolute atomic E-state index is 10.4. The van der Waals surface area contributed by atoms with E-state index in [9.17, 15) is 9.59 Å². The minimum atomic E-state index is -1.26. The van der Waals surface area contributed by atoms with Crippen LogP contribution in [0.4, 0.5) is 0 Å². The molecule has 0 fully saturated rings. The highest BCUT2D eigenvalue weighted by Crippen LogP contribution is 1.80. The molecule has 1 amide bonds. The van der Waals surface area contributed by atoms with E-state index in [0.29, 0.717) is 0 Å². The number of hydrogen-bond acceptors (Lipinski definition) is 3. The molecule has 0 aliphatic carbocycles. The second kappa shape index (κ2) is 3.62. The van der Waals surface area contributed by atoms with Gasteiger partial charge in [-0.15, -0.1) is 0 Å². The van der Waals surface area contributed by atoms with Crippen molar-refractivity contribution in [1.82, 2.24) is 5.32 Å². The van der Waals surface area contributed by atoms with Gasteiger partial charge in [0.2, 0.25) is 5.91 Å².